The number of ether oxygens (including phenoxy) is 1. The normalized spacial score (nSPS) is 21.1. The fourth-order valence-corrected chi connectivity index (χ4v) is 3.77. The Morgan fingerprint density at radius 2 is 1.58 bits per heavy atom. The van der Waals surface area contributed by atoms with E-state index >= 15 is 0 Å². The first-order valence-corrected chi connectivity index (χ1v) is 9.67. The molecular weight excluding hydrogens is 324 g/mol. The van der Waals surface area contributed by atoms with E-state index in [0.29, 0.717) is 25.7 Å². The number of carbonyl (C=O) groups is 2. The van der Waals surface area contributed by atoms with Crippen LogP contribution in [0.1, 0.15) is 83.9 Å². The van der Waals surface area contributed by atoms with Crippen LogP contribution < -0.4 is 0 Å². The fourth-order valence-electron chi connectivity index (χ4n) is 3.77. The van der Waals surface area contributed by atoms with Crippen molar-refractivity contribution in [3.8, 4) is 0 Å². The van der Waals surface area contributed by atoms with Gasteiger partial charge >= 0.3 is 5.97 Å². The SMILES string of the molecule is COC(=O)C1(CCc2cc(C(C)(C)C)cc(C(C)(C)C)c2)CCCC1=O. The Morgan fingerprint density at radius 3 is 1.96 bits per heavy atom. The number of hydrogen-bond acceptors (Lipinski definition) is 3. The standard InChI is InChI=1S/C23H34O3/c1-21(2,3)17-13-16(14-18(15-17)22(4,5)6)10-12-23(20(25)26-7)11-8-9-19(23)24/h13-15H,8-12H2,1-7H3. The van der Waals surface area contributed by atoms with Crippen LogP contribution >= 0.6 is 0 Å². The Hall–Kier alpha value is -1.64. The van der Waals surface area contributed by atoms with Crippen molar-refractivity contribution in [2.24, 2.45) is 5.41 Å². The van der Waals surface area contributed by atoms with Crippen molar-refractivity contribution in [2.75, 3.05) is 7.11 Å². The number of benzene rings is 1. The summed E-state index contributed by atoms with van der Waals surface area (Å²) in [6.45, 7) is 13.3. The van der Waals surface area contributed by atoms with Gasteiger partial charge in [-0.05, 0) is 53.2 Å². The first kappa shape index (κ1) is 20.7. The molecule has 1 fully saturated rings. The molecule has 0 radical (unpaired) electrons. The smallest absolute Gasteiger partial charge is 0.319 e. The van der Waals surface area contributed by atoms with Crippen LogP contribution in [0.3, 0.4) is 0 Å². The van der Waals surface area contributed by atoms with Crippen LogP contribution in [-0.2, 0) is 31.6 Å². The Morgan fingerprint density at radius 1 is 1.04 bits per heavy atom. The molecule has 0 aliphatic heterocycles. The van der Waals surface area contributed by atoms with Crippen molar-refractivity contribution in [1.29, 1.82) is 0 Å². The van der Waals surface area contributed by atoms with Crippen molar-refractivity contribution >= 4 is 11.8 Å². The maximum atomic E-state index is 12.5. The van der Waals surface area contributed by atoms with E-state index in [2.05, 4.69) is 59.7 Å². The first-order valence-electron chi connectivity index (χ1n) is 9.67. The van der Waals surface area contributed by atoms with Gasteiger partial charge in [-0.3, -0.25) is 9.59 Å². The molecule has 1 aromatic carbocycles. The van der Waals surface area contributed by atoms with E-state index in [4.69, 9.17) is 4.74 Å². The molecule has 1 aromatic rings. The van der Waals surface area contributed by atoms with Gasteiger partial charge in [-0.25, -0.2) is 0 Å². The molecule has 26 heavy (non-hydrogen) atoms. The summed E-state index contributed by atoms with van der Waals surface area (Å²) >= 11 is 0. The minimum Gasteiger partial charge on any atom is -0.468 e. The predicted octanol–water partition coefficient (Wildman–Crippen LogP) is 5.13. The van der Waals surface area contributed by atoms with Crippen molar-refractivity contribution in [3.63, 3.8) is 0 Å². The van der Waals surface area contributed by atoms with Gasteiger partial charge < -0.3 is 4.74 Å². The molecule has 1 aliphatic carbocycles. The van der Waals surface area contributed by atoms with E-state index < -0.39 is 5.41 Å². The Kier molecular flexibility index (Phi) is 5.70. The summed E-state index contributed by atoms with van der Waals surface area (Å²) in [4.78, 5) is 24.8. The molecular formula is C23H34O3. The molecule has 144 valence electrons. The van der Waals surface area contributed by atoms with Crippen LogP contribution in [0.15, 0.2) is 18.2 Å². The molecule has 0 heterocycles. The molecule has 0 spiro atoms. The van der Waals surface area contributed by atoms with Gasteiger partial charge in [0.1, 0.15) is 11.2 Å². The minimum atomic E-state index is -0.936. The highest BCUT2D eigenvalue weighted by Gasteiger charge is 2.49. The average molecular weight is 359 g/mol. The summed E-state index contributed by atoms with van der Waals surface area (Å²) in [5.74, 6) is -0.310. The van der Waals surface area contributed by atoms with Gasteiger partial charge in [-0.1, -0.05) is 59.7 Å². The maximum Gasteiger partial charge on any atom is 0.319 e. The minimum absolute atomic E-state index is 0.0485. The highest BCUT2D eigenvalue weighted by molar-refractivity contribution is 6.05. The van der Waals surface area contributed by atoms with Gasteiger partial charge in [0.25, 0.3) is 0 Å². The van der Waals surface area contributed by atoms with Crippen LogP contribution in [0.2, 0.25) is 0 Å². The van der Waals surface area contributed by atoms with E-state index in [1.54, 1.807) is 0 Å². The number of hydrogen-bond donors (Lipinski definition) is 0. The van der Waals surface area contributed by atoms with Crippen LogP contribution in [0, 0.1) is 5.41 Å². The summed E-state index contributed by atoms with van der Waals surface area (Å²) in [5, 5.41) is 0. The third kappa shape index (κ3) is 4.19. The zero-order valence-corrected chi connectivity index (χ0v) is 17.5. The van der Waals surface area contributed by atoms with Crippen molar-refractivity contribution in [3.05, 3.63) is 34.9 Å². The average Bonchev–Trinajstić information content (AvgIpc) is 2.92. The molecule has 0 amide bonds. The molecule has 1 saturated carbocycles. The number of aryl methyl sites for hydroxylation is 1. The number of carbonyl (C=O) groups excluding carboxylic acids is 2. The van der Waals surface area contributed by atoms with Gasteiger partial charge in [0.15, 0.2) is 0 Å². The molecule has 0 N–H and O–H groups in total. The second-order valence-corrected chi connectivity index (χ2v) is 9.77. The molecule has 3 nitrogen and oxygen atoms in total. The van der Waals surface area contributed by atoms with Crippen molar-refractivity contribution in [1.82, 2.24) is 0 Å². The molecule has 2 rings (SSSR count). The molecule has 1 unspecified atom stereocenters. The van der Waals surface area contributed by atoms with E-state index in [1.165, 1.54) is 23.8 Å². The zero-order chi connectivity index (χ0) is 19.8. The number of methoxy groups -OCH3 is 1. The fraction of sp³-hybridized carbons (Fsp3) is 0.652. The van der Waals surface area contributed by atoms with Crippen LogP contribution in [0.5, 0.6) is 0 Å². The Labute approximate surface area is 158 Å². The second-order valence-electron chi connectivity index (χ2n) is 9.77. The third-order valence-corrected chi connectivity index (χ3v) is 5.68. The summed E-state index contributed by atoms with van der Waals surface area (Å²) in [6, 6.07) is 6.76. The molecule has 1 aliphatic rings. The Bertz CT molecular complexity index is 656. The Balaban J connectivity index is 2.36. The largest absolute Gasteiger partial charge is 0.468 e. The van der Waals surface area contributed by atoms with Gasteiger partial charge in [0, 0.05) is 6.42 Å². The van der Waals surface area contributed by atoms with Crippen LogP contribution in [-0.4, -0.2) is 18.9 Å². The summed E-state index contributed by atoms with van der Waals surface area (Å²) in [7, 11) is 1.38. The summed E-state index contributed by atoms with van der Waals surface area (Å²) < 4.78 is 4.99. The lowest BCUT2D eigenvalue weighted by atomic mass is 9.76. The molecule has 0 aromatic heterocycles. The van der Waals surface area contributed by atoms with E-state index in [9.17, 15) is 9.59 Å². The topological polar surface area (TPSA) is 43.4 Å². The lowest BCUT2D eigenvalue weighted by molar-refractivity contribution is -0.157. The van der Waals surface area contributed by atoms with E-state index in [-0.39, 0.29) is 22.6 Å². The van der Waals surface area contributed by atoms with Gasteiger partial charge in [-0.15, -0.1) is 0 Å². The van der Waals surface area contributed by atoms with Crippen LogP contribution in [0.4, 0.5) is 0 Å². The highest BCUT2D eigenvalue weighted by Crippen LogP contribution is 2.41. The third-order valence-electron chi connectivity index (χ3n) is 5.68. The monoisotopic (exact) mass is 358 g/mol. The van der Waals surface area contributed by atoms with E-state index in [1.807, 2.05) is 0 Å². The molecule has 3 heteroatoms. The summed E-state index contributed by atoms with van der Waals surface area (Å²) in [6.07, 6.45) is 3.14. The lowest BCUT2D eigenvalue weighted by Crippen LogP contribution is -2.36. The number of Topliss-reactive ketones (excluding diaryl/α,β-unsaturated/α-hetero) is 1. The van der Waals surface area contributed by atoms with Crippen molar-refractivity contribution < 1.29 is 14.3 Å². The molecule has 1 atom stereocenters. The summed E-state index contributed by atoms with van der Waals surface area (Å²) in [5.41, 5.74) is 2.97. The predicted molar refractivity (Wildman–Crippen MR) is 105 cm³/mol. The van der Waals surface area contributed by atoms with Gasteiger partial charge in [0.2, 0.25) is 0 Å². The highest BCUT2D eigenvalue weighted by atomic mass is 16.5. The van der Waals surface area contributed by atoms with Gasteiger partial charge in [-0.2, -0.15) is 0 Å². The number of rotatable bonds is 4. The van der Waals surface area contributed by atoms with E-state index in [0.717, 1.165) is 6.42 Å². The van der Waals surface area contributed by atoms with Crippen molar-refractivity contribution in [2.45, 2.75) is 84.5 Å². The quantitative estimate of drug-likeness (QED) is 0.554. The maximum absolute atomic E-state index is 12.5. The number of esters is 1. The zero-order valence-electron chi connectivity index (χ0n) is 17.5. The molecule has 0 saturated heterocycles. The lowest BCUT2D eigenvalue weighted by Gasteiger charge is -2.28. The van der Waals surface area contributed by atoms with Gasteiger partial charge in [0.05, 0.1) is 7.11 Å². The number of ketones is 1. The first-order chi connectivity index (χ1) is 11.9. The second kappa shape index (κ2) is 7.17. The molecule has 0 bridgehead atoms. The van der Waals surface area contributed by atoms with Crippen LogP contribution in [0.25, 0.3) is 0 Å².